The Morgan fingerprint density at radius 3 is 2.73 bits per heavy atom. The molecule has 0 aromatic carbocycles. The monoisotopic (exact) mass is 300 g/mol. The summed E-state index contributed by atoms with van der Waals surface area (Å²) >= 11 is 0. The zero-order valence-corrected chi connectivity index (χ0v) is 12.9. The number of aromatic nitrogens is 4. The Bertz CT molecular complexity index is 626. The molecule has 0 unspecified atom stereocenters. The number of nitrogens with zero attached hydrogens (tertiary/aromatic N) is 5. The van der Waals surface area contributed by atoms with E-state index in [1.54, 1.807) is 10.9 Å². The highest BCUT2D eigenvalue weighted by Crippen LogP contribution is 2.17. The SMILES string of the molecule is Cc1cc(C(=O)N2CCC(Nc3ccncn3)CC2)nn1C. The van der Waals surface area contributed by atoms with Crippen molar-refractivity contribution in [2.75, 3.05) is 18.4 Å². The third-order valence-corrected chi connectivity index (χ3v) is 4.05. The largest absolute Gasteiger partial charge is 0.367 e. The van der Waals surface area contributed by atoms with Crippen LogP contribution in [0.25, 0.3) is 0 Å². The molecule has 0 spiro atoms. The van der Waals surface area contributed by atoms with Crippen molar-refractivity contribution in [3.63, 3.8) is 0 Å². The van der Waals surface area contributed by atoms with Gasteiger partial charge in [-0.25, -0.2) is 9.97 Å². The van der Waals surface area contributed by atoms with Gasteiger partial charge in [-0.2, -0.15) is 5.10 Å². The number of aryl methyl sites for hydroxylation is 2. The maximum Gasteiger partial charge on any atom is 0.274 e. The van der Waals surface area contributed by atoms with Crippen molar-refractivity contribution >= 4 is 11.7 Å². The Balaban J connectivity index is 1.56. The second-order valence-electron chi connectivity index (χ2n) is 5.60. The van der Waals surface area contributed by atoms with Crippen LogP contribution in [0.1, 0.15) is 29.0 Å². The Hall–Kier alpha value is -2.44. The van der Waals surface area contributed by atoms with Crippen molar-refractivity contribution < 1.29 is 4.79 Å². The summed E-state index contributed by atoms with van der Waals surface area (Å²) in [5, 5.41) is 7.65. The minimum atomic E-state index is 0.0178. The van der Waals surface area contributed by atoms with Gasteiger partial charge in [-0.3, -0.25) is 9.48 Å². The topological polar surface area (TPSA) is 75.9 Å². The van der Waals surface area contributed by atoms with Crippen LogP contribution < -0.4 is 5.32 Å². The summed E-state index contributed by atoms with van der Waals surface area (Å²) in [6, 6.07) is 4.03. The first-order valence-corrected chi connectivity index (χ1v) is 7.46. The molecule has 1 fully saturated rings. The highest BCUT2D eigenvalue weighted by Gasteiger charge is 2.25. The fraction of sp³-hybridized carbons (Fsp3) is 0.467. The summed E-state index contributed by atoms with van der Waals surface area (Å²) in [6.07, 6.45) is 5.06. The van der Waals surface area contributed by atoms with E-state index in [0.717, 1.165) is 37.4 Å². The molecule has 0 aliphatic carbocycles. The number of anilines is 1. The van der Waals surface area contributed by atoms with E-state index in [0.29, 0.717) is 11.7 Å². The van der Waals surface area contributed by atoms with Gasteiger partial charge in [0, 0.05) is 38.1 Å². The second kappa shape index (κ2) is 6.13. The van der Waals surface area contributed by atoms with E-state index >= 15 is 0 Å². The van der Waals surface area contributed by atoms with Crippen LogP contribution in [0.5, 0.6) is 0 Å². The van der Waals surface area contributed by atoms with Gasteiger partial charge in [-0.1, -0.05) is 0 Å². The number of hydrogen-bond acceptors (Lipinski definition) is 5. The minimum absolute atomic E-state index is 0.0178. The van der Waals surface area contributed by atoms with Crippen LogP contribution in [-0.2, 0) is 7.05 Å². The Kier molecular flexibility index (Phi) is 4.04. The maximum atomic E-state index is 12.4. The normalized spacial score (nSPS) is 15.8. The van der Waals surface area contributed by atoms with E-state index < -0.39 is 0 Å². The van der Waals surface area contributed by atoms with E-state index in [4.69, 9.17) is 0 Å². The number of amides is 1. The molecule has 0 atom stereocenters. The average molecular weight is 300 g/mol. The van der Waals surface area contributed by atoms with Crippen molar-refractivity contribution in [1.82, 2.24) is 24.6 Å². The lowest BCUT2D eigenvalue weighted by Gasteiger charge is -2.32. The summed E-state index contributed by atoms with van der Waals surface area (Å²) in [6.45, 7) is 3.41. The summed E-state index contributed by atoms with van der Waals surface area (Å²) in [4.78, 5) is 22.4. The first-order valence-electron chi connectivity index (χ1n) is 7.46. The molecule has 3 heterocycles. The van der Waals surface area contributed by atoms with Gasteiger partial charge in [-0.15, -0.1) is 0 Å². The number of likely N-dealkylation sites (tertiary alicyclic amines) is 1. The van der Waals surface area contributed by atoms with Gasteiger partial charge in [0.1, 0.15) is 12.1 Å². The van der Waals surface area contributed by atoms with Gasteiger partial charge >= 0.3 is 0 Å². The van der Waals surface area contributed by atoms with Gasteiger partial charge in [0.25, 0.3) is 5.91 Å². The average Bonchev–Trinajstić information content (AvgIpc) is 2.88. The summed E-state index contributed by atoms with van der Waals surface area (Å²) < 4.78 is 1.73. The van der Waals surface area contributed by atoms with Crippen molar-refractivity contribution in [3.8, 4) is 0 Å². The molecular formula is C15H20N6O. The van der Waals surface area contributed by atoms with Crippen LogP contribution in [0.15, 0.2) is 24.7 Å². The van der Waals surface area contributed by atoms with Gasteiger partial charge in [0.15, 0.2) is 5.69 Å². The number of rotatable bonds is 3. The fourth-order valence-corrected chi connectivity index (χ4v) is 2.64. The second-order valence-corrected chi connectivity index (χ2v) is 5.60. The molecule has 1 aliphatic heterocycles. The van der Waals surface area contributed by atoms with Gasteiger partial charge in [0.2, 0.25) is 0 Å². The molecule has 3 rings (SSSR count). The van der Waals surface area contributed by atoms with Gasteiger partial charge in [0.05, 0.1) is 0 Å². The number of piperidine rings is 1. The molecule has 22 heavy (non-hydrogen) atoms. The quantitative estimate of drug-likeness (QED) is 0.923. The molecule has 2 aromatic heterocycles. The van der Waals surface area contributed by atoms with Crippen LogP contribution in [0, 0.1) is 6.92 Å². The molecule has 0 bridgehead atoms. The molecule has 0 saturated carbocycles. The van der Waals surface area contributed by atoms with E-state index in [1.165, 1.54) is 6.33 Å². The predicted octanol–water partition coefficient (Wildman–Crippen LogP) is 1.24. The Labute approximate surface area is 129 Å². The fourth-order valence-electron chi connectivity index (χ4n) is 2.64. The molecular weight excluding hydrogens is 280 g/mol. The van der Waals surface area contributed by atoms with Gasteiger partial charge < -0.3 is 10.2 Å². The standard InChI is InChI=1S/C15H20N6O/c1-11-9-13(19-20(11)2)15(22)21-7-4-12(5-8-21)18-14-3-6-16-10-17-14/h3,6,9-10,12H,4-5,7-8H2,1-2H3,(H,16,17,18). The van der Waals surface area contributed by atoms with Crippen LogP contribution in [0.4, 0.5) is 5.82 Å². The molecule has 1 amide bonds. The lowest BCUT2D eigenvalue weighted by molar-refractivity contribution is 0.0711. The summed E-state index contributed by atoms with van der Waals surface area (Å²) in [5.41, 5.74) is 1.52. The smallest absolute Gasteiger partial charge is 0.274 e. The highest BCUT2D eigenvalue weighted by molar-refractivity contribution is 5.92. The van der Waals surface area contributed by atoms with Crippen LogP contribution in [-0.4, -0.2) is 49.7 Å². The minimum Gasteiger partial charge on any atom is -0.367 e. The third-order valence-electron chi connectivity index (χ3n) is 4.05. The van der Waals surface area contributed by atoms with E-state index in [-0.39, 0.29) is 5.91 Å². The molecule has 1 saturated heterocycles. The zero-order chi connectivity index (χ0) is 15.5. The number of nitrogens with one attached hydrogen (secondary N) is 1. The molecule has 7 heteroatoms. The van der Waals surface area contributed by atoms with Crippen molar-refractivity contribution in [3.05, 3.63) is 36.0 Å². The predicted molar refractivity (Wildman–Crippen MR) is 82.5 cm³/mol. The first-order chi connectivity index (χ1) is 10.6. The molecule has 7 nitrogen and oxygen atoms in total. The Morgan fingerprint density at radius 2 is 2.14 bits per heavy atom. The highest BCUT2D eigenvalue weighted by atomic mass is 16.2. The lowest BCUT2D eigenvalue weighted by atomic mass is 10.0. The van der Waals surface area contributed by atoms with E-state index in [9.17, 15) is 4.79 Å². The number of hydrogen-bond donors (Lipinski definition) is 1. The van der Waals surface area contributed by atoms with Crippen molar-refractivity contribution in [2.45, 2.75) is 25.8 Å². The molecule has 0 radical (unpaired) electrons. The summed E-state index contributed by atoms with van der Waals surface area (Å²) in [5.74, 6) is 0.851. The molecule has 1 N–H and O–H groups in total. The van der Waals surface area contributed by atoms with Crippen LogP contribution >= 0.6 is 0 Å². The third kappa shape index (κ3) is 3.08. The van der Waals surface area contributed by atoms with Gasteiger partial charge in [-0.05, 0) is 31.9 Å². The van der Waals surface area contributed by atoms with Crippen LogP contribution in [0.3, 0.4) is 0 Å². The number of carbonyl (C=O) groups is 1. The first kappa shape index (κ1) is 14.5. The van der Waals surface area contributed by atoms with E-state index in [1.807, 2.05) is 31.0 Å². The van der Waals surface area contributed by atoms with E-state index in [2.05, 4.69) is 20.4 Å². The van der Waals surface area contributed by atoms with Crippen molar-refractivity contribution in [2.24, 2.45) is 7.05 Å². The van der Waals surface area contributed by atoms with Crippen molar-refractivity contribution in [1.29, 1.82) is 0 Å². The Morgan fingerprint density at radius 1 is 1.36 bits per heavy atom. The molecule has 1 aliphatic rings. The number of carbonyl (C=O) groups excluding carboxylic acids is 1. The molecule has 2 aromatic rings. The lowest BCUT2D eigenvalue weighted by Crippen LogP contribution is -2.42. The zero-order valence-electron chi connectivity index (χ0n) is 12.9. The maximum absolute atomic E-state index is 12.4. The van der Waals surface area contributed by atoms with Crippen LogP contribution in [0.2, 0.25) is 0 Å². The summed E-state index contributed by atoms with van der Waals surface area (Å²) in [7, 11) is 1.85. The molecule has 116 valence electrons.